The van der Waals surface area contributed by atoms with Crippen molar-refractivity contribution in [3.63, 3.8) is 0 Å². The summed E-state index contributed by atoms with van der Waals surface area (Å²) in [7, 11) is 1.13. The van der Waals surface area contributed by atoms with Crippen molar-refractivity contribution in [2.24, 2.45) is 7.05 Å². The fourth-order valence-corrected chi connectivity index (χ4v) is 2.16. The number of hydrogen-bond acceptors (Lipinski definition) is 6. The van der Waals surface area contributed by atoms with Gasteiger partial charge in [-0.15, -0.1) is 0 Å². The number of aromatic hydroxyl groups is 1. The third-order valence-electron chi connectivity index (χ3n) is 3.26. The van der Waals surface area contributed by atoms with Crippen molar-refractivity contribution in [3.05, 3.63) is 39.7 Å². The number of fused-ring (bicyclic) bond motifs is 1. The summed E-state index contributed by atoms with van der Waals surface area (Å²) >= 11 is 0. The van der Waals surface area contributed by atoms with Crippen molar-refractivity contribution < 1.29 is 38.2 Å². The fraction of sp³-hybridized carbons (Fsp3) is 0.200. The predicted molar refractivity (Wildman–Crippen MR) is 77.0 cm³/mol. The first kappa shape index (κ1) is 19.7. The Morgan fingerprint density at radius 2 is 1.76 bits per heavy atom. The number of Topliss-reactive ketones (excluding diaryl/α,β-unsaturated/α-hetero) is 1. The van der Waals surface area contributed by atoms with Gasteiger partial charge < -0.3 is 14.8 Å². The van der Waals surface area contributed by atoms with Gasteiger partial charge in [0, 0.05) is 18.9 Å². The molecule has 0 aliphatic heterocycles. The van der Waals surface area contributed by atoms with Gasteiger partial charge in [-0.05, 0) is 12.1 Å². The van der Waals surface area contributed by atoms with Crippen molar-refractivity contribution >= 4 is 28.8 Å². The Morgan fingerprint density at radius 3 is 2.28 bits per heavy atom. The third-order valence-corrected chi connectivity index (χ3v) is 3.26. The zero-order chi connectivity index (χ0) is 19.3. The van der Waals surface area contributed by atoms with E-state index in [-0.39, 0.29) is 11.5 Å². The van der Waals surface area contributed by atoms with E-state index in [2.05, 4.69) is 0 Å². The van der Waals surface area contributed by atoms with Crippen molar-refractivity contribution in [3.8, 4) is 5.75 Å². The summed E-state index contributed by atoms with van der Waals surface area (Å²) in [5.74, 6) is -5.43. The summed E-state index contributed by atoms with van der Waals surface area (Å²) in [6.07, 6.45) is -0.759. The van der Waals surface area contributed by atoms with Crippen LogP contribution >= 0.6 is 0 Å². The summed E-state index contributed by atoms with van der Waals surface area (Å²) < 4.78 is 27.8. The minimum atomic E-state index is -1.32. The van der Waals surface area contributed by atoms with Crippen molar-refractivity contribution in [2.45, 2.75) is 12.8 Å². The van der Waals surface area contributed by atoms with Gasteiger partial charge in [-0.25, -0.2) is 8.78 Å². The lowest BCUT2D eigenvalue weighted by Crippen LogP contribution is -2.26. The van der Waals surface area contributed by atoms with Gasteiger partial charge in [-0.1, -0.05) is 0 Å². The molecule has 2 aromatic rings. The molecule has 8 nitrogen and oxygen atoms in total. The van der Waals surface area contributed by atoms with Crippen LogP contribution in [0.3, 0.4) is 0 Å². The number of benzene rings is 1. The number of carboxylic acids is 1. The molecule has 0 fully saturated rings. The zero-order valence-corrected chi connectivity index (χ0v) is 12.7. The number of ketones is 1. The van der Waals surface area contributed by atoms with Gasteiger partial charge in [0.05, 0.1) is 11.9 Å². The molecule has 2 rings (SSSR count). The van der Waals surface area contributed by atoms with Crippen LogP contribution in [0.2, 0.25) is 0 Å². The predicted octanol–water partition coefficient (Wildman–Crippen LogP) is 0.986. The SMILES string of the molecule is Cn1c(=O)c(C(=O)CCC(=O)O)c(O)c2ccc(F)c(F)c21.O=C=O. The van der Waals surface area contributed by atoms with E-state index in [4.69, 9.17) is 14.7 Å². The van der Waals surface area contributed by atoms with Crippen LogP contribution in [0.4, 0.5) is 8.78 Å². The monoisotopic (exact) mass is 355 g/mol. The van der Waals surface area contributed by atoms with Gasteiger partial charge in [0.2, 0.25) is 0 Å². The third kappa shape index (κ3) is 3.93. The average molecular weight is 355 g/mol. The molecule has 25 heavy (non-hydrogen) atoms. The second-order valence-electron chi connectivity index (χ2n) is 4.75. The van der Waals surface area contributed by atoms with E-state index in [0.717, 1.165) is 19.2 Å². The number of rotatable bonds is 4. The lowest BCUT2D eigenvalue weighted by atomic mass is 10.0. The smallest absolute Gasteiger partial charge is 0.373 e. The molecule has 1 heterocycles. The van der Waals surface area contributed by atoms with E-state index < -0.39 is 58.6 Å². The van der Waals surface area contributed by atoms with Crippen LogP contribution in [0.5, 0.6) is 5.75 Å². The lowest BCUT2D eigenvalue weighted by Gasteiger charge is -2.11. The Balaban J connectivity index is 0.000000970. The summed E-state index contributed by atoms with van der Waals surface area (Å²) in [5.41, 5.74) is -2.13. The van der Waals surface area contributed by atoms with Crippen LogP contribution in [-0.4, -0.2) is 32.7 Å². The number of aromatic nitrogens is 1. The Labute approximate surface area is 137 Å². The van der Waals surface area contributed by atoms with Crippen molar-refractivity contribution in [2.75, 3.05) is 0 Å². The second kappa shape index (κ2) is 7.93. The Kier molecular flexibility index (Phi) is 6.24. The molecule has 1 aromatic carbocycles. The van der Waals surface area contributed by atoms with E-state index in [1.165, 1.54) is 0 Å². The molecule has 132 valence electrons. The number of aryl methyl sites for hydroxylation is 1. The minimum absolute atomic E-state index is 0.209. The van der Waals surface area contributed by atoms with Gasteiger partial charge in [-0.3, -0.25) is 14.4 Å². The molecule has 1 aromatic heterocycles. The van der Waals surface area contributed by atoms with Crippen LogP contribution < -0.4 is 5.56 Å². The number of carboxylic acid groups (broad SMARTS) is 1. The number of aliphatic carboxylic acids is 1. The molecule has 10 heteroatoms. The Bertz CT molecular complexity index is 943. The minimum Gasteiger partial charge on any atom is -0.506 e. The quantitative estimate of drug-likeness (QED) is 0.782. The maximum absolute atomic E-state index is 13.8. The summed E-state index contributed by atoms with van der Waals surface area (Å²) in [4.78, 5) is 50.8. The number of pyridine rings is 1. The number of carbonyl (C=O) groups excluding carboxylic acids is 3. The first-order valence-corrected chi connectivity index (χ1v) is 6.61. The normalized spacial score (nSPS) is 9.88. The summed E-state index contributed by atoms with van der Waals surface area (Å²) in [6, 6.07) is 1.80. The van der Waals surface area contributed by atoms with E-state index in [1.807, 2.05) is 0 Å². The summed E-state index contributed by atoms with van der Waals surface area (Å²) in [5, 5.41) is 18.4. The topological polar surface area (TPSA) is 131 Å². The molecule has 0 unspecified atom stereocenters. The highest BCUT2D eigenvalue weighted by molar-refractivity contribution is 6.04. The van der Waals surface area contributed by atoms with Gasteiger partial charge in [0.15, 0.2) is 17.4 Å². The molecule has 0 radical (unpaired) electrons. The fourth-order valence-electron chi connectivity index (χ4n) is 2.16. The highest BCUT2D eigenvalue weighted by atomic mass is 19.2. The molecule has 0 saturated heterocycles. The van der Waals surface area contributed by atoms with Crippen molar-refractivity contribution in [1.29, 1.82) is 0 Å². The molecule has 0 saturated carbocycles. The standard InChI is InChI=1S/C14H11F2NO5.CO2/c1-17-12-6(2-3-7(15)11(12)16)13(21)10(14(17)22)8(18)4-5-9(19)20;2-1-3/h2-3,21H,4-5H2,1H3,(H,19,20);. The molecular formula is C15H11F2NO7. The van der Waals surface area contributed by atoms with Crippen LogP contribution in [0, 0.1) is 11.6 Å². The number of hydrogen-bond donors (Lipinski definition) is 2. The van der Waals surface area contributed by atoms with Crippen LogP contribution in [0.1, 0.15) is 23.2 Å². The van der Waals surface area contributed by atoms with E-state index in [0.29, 0.717) is 4.57 Å². The van der Waals surface area contributed by atoms with Gasteiger partial charge in [0.25, 0.3) is 5.56 Å². The average Bonchev–Trinajstić information content (AvgIpc) is 2.54. The zero-order valence-electron chi connectivity index (χ0n) is 12.7. The van der Waals surface area contributed by atoms with Crippen LogP contribution in [-0.2, 0) is 21.4 Å². The maximum Gasteiger partial charge on any atom is 0.373 e. The van der Waals surface area contributed by atoms with Crippen LogP contribution in [0.25, 0.3) is 10.9 Å². The van der Waals surface area contributed by atoms with Gasteiger partial charge in [-0.2, -0.15) is 9.59 Å². The molecule has 2 N–H and O–H groups in total. The van der Waals surface area contributed by atoms with Crippen LogP contribution in [0.15, 0.2) is 16.9 Å². The molecule has 0 atom stereocenters. The summed E-state index contributed by atoms with van der Waals surface area (Å²) in [6.45, 7) is 0. The Hall–Kier alpha value is -3.39. The second-order valence-corrected chi connectivity index (χ2v) is 4.75. The van der Waals surface area contributed by atoms with Gasteiger partial charge in [0.1, 0.15) is 11.3 Å². The molecule has 0 aliphatic rings. The molecule has 0 bridgehead atoms. The molecule has 0 amide bonds. The maximum atomic E-state index is 13.8. The molecule has 0 aliphatic carbocycles. The Morgan fingerprint density at radius 1 is 1.20 bits per heavy atom. The van der Waals surface area contributed by atoms with Gasteiger partial charge >= 0.3 is 12.1 Å². The number of halogens is 2. The van der Waals surface area contributed by atoms with E-state index in [1.54, 1.807) is 0 Å². The van der Waals surface area contributed by atoms with E-state index in [9.17, 15) is 28.3 Å². The lowest BCUT2D eigenvalue weighted by molar-refractivity contribution is -0.191. The molecular weight excluding hydrogens is 344 g/mol. The number of carbonyl (C=O) groups is 2. The first-order valence-electron chi connectivity index (χ1n) is 6.61. The highest BCUT2D eigenvalue weighted by Gasteiger charge is 2.23. The van der Waals surface area contributed by atoms with Crippen molar-refractivity contribution in [1.82, 2.24) is 4.57 Å². The number of nitrogens with zero attached hydrogens (tertiary/aromatic N) is 1. The largest absolute Gasteiger partial charge is 0.506 e. The van der Waals surface area contributed by atoms with E-state index >= 15 is 0 Å². The first-order chi connectivity index (χ1) is 11.7. The highest BCUT2D eigenvalue weighted by Crippen LogP contribution is 2.29. The molecule has 0 spiro atoms.